The minimum absolute atomic E-state index is 0.139. The Kier molecular flexibility index (Phi) is 3.09. The van der Waals surface area contributed by atoms with Crippen LogP contribution in [0.1, 0.15) is 26.7 Å². The van der Waals surface area contributed by atoms with Crippen molar-refractivity contribution < 1.29 is 9.84 Å². The molecule has 1 rings (SSSR count). The zero-order valence-corrected chi connectivity index (χ0v) is 7.21. The highest BCUT2D eigenvalue weighted by Gasteiger charge is 2.30. The van der Waals surface area contributed by atoms with E-state index >= 15 is 0 Å². The highest BCUT2D eigenvalue weighted by Crippen LogP contribution is 2.17. The number of rotatable bonds is 4. The molecule has 2 heteroatoms. The van der Waals surface area contributed by atoms with Gasteiger partial charge in [-0.25, -0.2) is 0 Å². The first kappa shape index (κ1) is 8.75. The summed E-state index contributed by atoms with van der Waals surface area (Å²) in [5.41, 5.74) is 1.31. The van der Waals surface area contributed by atoms with Gasteiger partial charge in [0.25, 0.3) is 0 Å². The van der Waals surface area contributed by atoms with E-state index in [0.29, 0.717) is 0 Å². The van der Waals surface area contributed by atoms with E-state index in [4.69, 9.17) is 4.74 Å². The highest BCUT2D eigenvalue weighted by molar-refractivity contribution is 4.93. The molecule has 2 nitrogen and oxygen atoms in total. The van der Waals surface area contributed by atoms with Gasteiger partial charge in [0, 0.05) is 0 Å². The maximum Gasteiger partial charge on any atom is 0.107 e. The second-order valence-electron chi connectivity index (χ2n) is 3.30. The molecule has 64 valence electrons. The van der Waals surface area contributed by atoms with E-state index in [-0.39, 0.29) is 12.2 Å². The van der Waals surface area contributed by atoms with Gasteiger partial charge in [-0.3, -0.25) is 0 Å². The molecule has 1 aliphatic heterocycles. The number of epoxide rings is 1. The summed E-state index contributed by atoms with van der Waals surface area (Å²) in [5, 5.41) is 9.35. The smallest absolute Gasteiger partial charge is 0.107 e. The predicted octanol–water partition coefficient (Wildman–Crippen LogP) is 1.49. The van der Waals surface area contributed by atoms with Gasteiger partial charge in [0.1, 0.15) is 6.10 Å². The fourth-order valence-electron chi connectivity index (χ4n) is 1.01. The van der Waals surface area contributed by atoms with Crippen molar-refractivity contribution in [1.29, 1.82) is 0 Å². The molecule has 0 saturated carbocycles. The van der Waals surface area contributed by atoms with Crippen LogP contribution in [0.4, 0.5) is 0 Å². The molecule has 0 bridgehead atoms. The van der Waals surface area contributed by atoms with Gasteiger partial charge in [-0.05, 0) is 26.7 Å². The van der Waals surface area contributed by atoms with Gasteiger partial charge in [-0.1, -0.05) is 11.6 Å². The molecule has 0 spiro atoms. The maximum atomic E-state index is 9.35. The van der Waals surface area contributed by atoms with Crippen LogP contribution >= 0.6 is 0 Å². The van der Waals surface area contributed by atoms with Crippen molar-refractivity contribution in [2.75, 3.05) is 6.61 Å². The second kappa shape index (κ2) is 3.88. The van der Waals surface area contributed by atoms with Crippen LogP contribution in [0.5, 0.6) is 0 Å². The Labute approximate surface area is 67.9 Å². The van der Waals surface area contributed by atoms with Crippen LogP contribution in [0.2, 0.25) is 0 Å². The quantitative estimate of drug-likeness (QED) is 0.494. The zero-order chi connectivity index (χ0) is 8.27. The lowest BCUT2D eigenvalue weighted by atomic mass is 10.1. The Balaban J connectivity index is 2.06. The van der Waals surface area contributed by atoms with Gasteiger partial charge in [-0.2, -0.15) is 0 Å². The van der Waals surface area contributed by atoms with Gasteiger partial charge in [-0.15, -0.1) is 0 Å². The first-order valence-electron chi connectivity index (χ1n) is 4.13. The number of hydrogen-bond donors (Lipinski definition) is 1. The predicted molar refractivity (Wildman–Crippen MR) is 44.4 cm³/mol. The van der Waals surface area contributed by atoms with Crippen LogP contribution in [0.3, 0.4) is 0 Å². The molecule has 1 aliphatic rings. The van der Waals surface area contributed by atoms with Crippen LogP contribution in [0, 0.1) is 0 Å². The van der Waals surface area contributed by atoms with Crippen molar-refractivity contribution in [3.63, 3.8) is 0 Å². The van der Waals surface area contributed by atoms with E-state index < -0.39 is 0 Å². The molecule has 0 aromatic rings. The number of ether oxygens (including phenoxy) is 1. The summed E-state index contributed by atoms with van der Waals surface area (Å²) in [5.74, 6) is 0. The summed E-state index contributed by atoms with van der Waals surface area (Å²) in [7, 11) is 0. The second-order valence-corrected chi connectivity index (χ2v) is 3.30. The fourth-order valence-corrected chi connectivity index (χ4v) is 1.01. The molecule has 1 N–H and O–H groups in total. The van der Waals surface area contributed by atoms with Crippen molar-refractivity contribution >= 4 is 0 Å². The fraction of sp³-hybridized carbons (Fsp3) is 0.778. The van der Waals surface area contributed by atoms with Crippen molar-refractivity contribution in [2.45, 2.75) is 38.9 Å². The minimum Gasteiger partial charge on any atom is -0.390 e. The monoisotopic (exact) mass is 156 g/mol. The van der Waals surface area contributed by atoms with E-state index in [2.05, 4.69) is 19.9 Å². The molecule has 0 amide bonds. The molecular formula is C9H16O2. The molecule has 1 fully saturated rings. The largest absolute Gasteiger partial charge is 0.390 e. The summed E-state index contributed by atoms with van der Waals surface area (Å²) >= 11 is 0. The van der Waals surface area contributed by atoms with Crippen LogP contribution < -0.4 is 0 Å². The molecule has 0 aromatic carbocycles. The van der Waals surface area contributed by atoms with Crippen molar-refractivity contribution in [1.82, 2.24) is 0 Å². The van der Waals surface area contributed by atoms with E-state index in [0.717, 1.165) is 19.4 Å². The average molecular weight is 156 g/mol. The van der Waals surface area contributed by atoms with Gasteiger partial charge < -0.3 is 9.84 Å². The third kappa shape index (κ3) is 3.54. The highest BCUT2D eigenvalue weighted by atomic mass is 16.6. The van der Waals surface area contributed by atoms with Crippen LogP contribution in [-0.4, -0.2) is 23.9 Å². The number of allylic oxidation sites excluding steroid dienone is 2. The van der Waals surface area contributed by atoms with Crippen molar-refractivity contribution in [3.8, 4) is 0 Å². The van der Waals surface area contributed by atoms with Crippen molar-refractivity contribution in [3.05, 3.63) is 11.6 Å². The Morgan fingerprint density at radius 2 is 2.36 bits per heavy atom. The maximum absolute atomic E-state index is 9.35. The van der Waals surface area contributed by atoms with Gasteiger partial charge >= 0.3 is 0 Å². The zero-order valence-electron chi connectivity index (χ0n) is 7.21. The number of hydrogen-bond acceptors (Lipinski definition) is 2. The molecule has 0 aliphatic carbocycles. The van der Waals surface area contributed by atoms with Crippen molar-refractivity contribution in [2.24, 2.45) is 0 Å². The molecule has 11 heavy (non-hydrogen) atoms. The third-order valence-corrected chi connectivity index (χ3v) is 1.80. The number of aliphatic hydroxyl groups is 1. The lowest BCUT2D eigenvalue weighted by Crippen LogP contribution is -2.13. The van der Waals surface area contributed by atoms with E-state index in [9.17, 15) is 5.11 Å². The molecule has 0 radical (unpaired) electrons. The van der Waals surface area contributed by atoms with Crippen LogP contribution in [0.15, 0.2) is 11.6 Å². The molecule has 2 unspecified atom stereocenters. The van der Waals surface area contributed by atoms with E-state index in [1.165, 1.54) is 5.57 Å². The standard InChI is InChI=1S/C9H16O2/c1-7(2)4-3-5-8(10)9-6-11-9/h4,8-10H,3,5-6H2,1-2H3. The lowest BCUT2D eigenvalue weighted by molar-refractivity contribution is 0.127. The van der Waals surface area contributed by atoms with Gasteiger partial charge in [0.15, 0.2) is 0 Å². The Morgan fingerprint density at radius 1 is 1.73 bits per heavy atom. The molecular weight excluding hydrogens is 140 g/mol. The topological polar surface area (TPSA) is 32.8 Å². The third-order valence-electron chi connectivity index (χ3n) is 1.80. The Hall–Kier alpha value is -0.340. The summed E-state index contributed by atoms with van der Waals surface area (Å²) in [4.78, 5) is 0. The molecule has 1 saturated heterocycles. The van der Waals surface area contributed by atoms with E-state index in [1.807, 2.05) is 0 Å². The van der Waals surface area contributed by atoms with Crippen LogP contribution in [-0.2, 0) is 4.74 Å². The Bertz CT molecular complexity index is 144. The first-order valence-corrected chi connectivity index (χ1v) is 4.13. The molecule has 1 heterocycles. The Morgan fingerprint density at radius 3 is 2.82 bits per heavy atom. The average Bonchev–Trinajstić information content (AvgIpc) is 2.66. The first-order chi connectivity index (χ1) is 5.20. The van der Waals surface area contributed by atoms with Crippen LogP contribution in [0.25, 0.3) is 0 Å². The summed E-state index contributed by atoms with van der Waals surface area (Å²) in [6, 6.07) is 0. The summed E-state index contributed by atoms with van der Waals surface area (Å²) in [6.07, 6.45) is 3.83. The minimum atomic E-state index is -0.245. The molecule has 2 atom stereocenters. The summed E-state index contributed by atoms with van der Waals surface area (Å²) in [6.45, 7) is 4.88. The molecule has 0 aromatic heterocycles. The number of aliphatic hydroxyl groups excluding tert-OH is 1. The lowest BCUT2D eigenvalue weighted by Gasteiger charge is -2.03. The summed E-state index contributed by atoms with van der Waals surface area (Å²) < 4.78 is 4.96. The normalized spacial score (nSPS) is 24.5. The van der Waals surface area contributed by atoms with E-state index in [1.54, 1.807) is 0 Å². The SMILES string of the molecule is CC(C)=CCCC(O)C1CO1. The van der Waals surface area contributed by atoms with Gasteiger partial charge in [0.2, 0.25) is 0 Å². The van der Waals surface area contributed by atoms with Gasteiger partial charge in [0.05, 0.1) is 12.7 Å².